The molecule has 31 heavy (non-hydrogen) atoms. The normalized spacial score (nSPS) is 15.1. The molecule has 2 aromatic carbocycles. The van der Waals surface area contributed by atoms with Crippen molar-refractivity contribution in [3.8, 4) is 5.69 Å². The van der Waals surface area contributed by atoms with E-state index in [1.54, 1.807) is 4.68 Å². The monoisotopic (exact) mass is 419 g/mol. The van der Waals surface area contributed by atoms with Crippen LogP contribution in [-0.4, -0.2) is 62.2 Å². The molecule has 1 aliphatic heterocycles. The van der Waals surface area contributed by atoms with Gasteiger partial charge in [0.05, 0.1) is 12.2 Å². The molecular weight excluding hydrogens is 390 g/mol. The minimum absolute atomic E-state index is 0.0581. The molecular formula is C23H29N7O. The number of anilines is 1. The summed E-state index contributed by atoms with van der Waals surface area (Å²) in [4.78, 5) is 16.8. The third-order valence-electron chi connectivity index (χ3n) is 5.56. The van der Waals surface area contributed by atoms with E-state index in [9.17, 15) is 4.79 Å². The highest BCUT2D eigenvalue weighted by molar-refractivity contribution is 5.89. The zero-order valence-electron chi connectivity index (χ0n) is 18.3. The van der Waals surface area contributed by atoms with E-state index in [0.29, 0.717) is 19.6 Å². The van der Waals surface area contributed by atoms with Crippen LogP contribution in [0.5, 0.6) is 0 Å². The zero-order chi connectivity index (χ0) is 21.8. The summed E-state index contributed by atoms with van der Waals surface area (Å²) in [6.45, 7) is 10.1. The topological polar surface area (TPSA) is 79.2 Å². The molecule has 1 aromatic heterocycles. The maximum Gasteiger partial charge on any atom is 0.321 e. The molecule has 1 fully saturated rings. The van der Waals surface area contributed by atoms with Crippen LogP contribution in [0.4, 0.5) is 10.5 Å². The maximum absolute atomic E-state index is 12.7. The number of hydrogen-bond acceptors (Lipinski definition) is 5. The van der Waals surface area contributed by atoms with E-state index >= 15 is 0 Å². The number of urea groups is 1. The number of benzene rings is 2. The second-order valence-electron chi connectivity index (χ2n) is 8.86. The fourth-order valence-electron chi connectivity index (χ4n) is 3.64. The summed E-state index contributed by atoms with van der Waals surface area (Å²) >= 11 is 0. The Bertz CT molecular complexity index is 1000. The number of tetrazole rings is 1. The number of carbonyl (C=O) groups excluding carboxylic acids is 1. The van der Waals surface area contributed by atoms with Crippen molar-refractivity contribution in [3.05, 3.63) is 66.0 Å². The van der Waals surface area contributed by atoms with E-state index < -0.39 is 0 Å². The maximum atomic E-state index is 12.7. The second kappa shape index (κ2) is 8.85. The van der Waals surface area contributed by atoms with Crippen molar-refractivity contribution in [2.24, 2.45) is 0 Å². The van der Waals surface area contributed by atoms with Crippen LogP contribution in [0.25, 0.3) is 5.69 Å². The first kappa shape index (κ1) is 21.0. The number of carbonyl (C=O) groups is 1. The summed E-state index contributed by atoms with van der Waals surface area (Å²) in [5, 5.41) is 15.2. The van der Waals surface area contributed by atoms with Gasteiger partial charge in [-0.1, -0.05) is 51.1 Å². The van der Waals surface area contributed by atoms with E-state index in [-0.39, 0.29) is 11.4 Å². The van der Waals surface area contributed by atoms with Gasteiger partial charge in [-0.15, -0.1) is 5.10 Å². The predicted octanol–water partition coefficient (Wildman–Crippen LogP) is 3.31. The molecule has 0 aliphatic carbocycles. The van der Waals surface area contributed by atoms with E-state index in [1.807, 2.05) is 47.4 Å². The number of rotatable bonds is 4. The van der Waals surface area contributed by atoms with Gasteiger partial charge in [0.15, 0.2) is 5.82 Å². The Morgan fingerprint density at radius 1 is 0.968 bits per heavy atom. The summed E-state index contributed by atoms with van der Waals surface area (Å²) in [6, 6.07) is 17.9. The fourth-order valence-corrected chi connectivity index (χ4v) is 3.64. The van der Waals surface area contributed by atoms with Crippen molar-refractivity contribution in [3.63, 3.8) is 0 Å². The van der Waals surface area contributed by atoms with Gasteiger partial charge in [0.2, 0.25) is 0 Å². The molecule has 1 aliphatic rings. The Morgan fingerprint density at radius 2 is 1.65 bits per heavy atom. The van der Waals surface area contributed by atoms with E-state index in [1.165, 1.54) is 5.56 Å². The second-order valence-corrected chi connectivity index (χ2v) is 8.86. The zero-order valence-corrected chi connectivity index (χ0v) is 18.3. The molecule has 1 N–H and O–H groups in total. The Balaban J connectivity index is 1.30. The summed E-state index contributed by atoms with van der Waals surface area (Å²) in [6.07, 6.45) is 0. The lowest BCUT2D eigenvalue weighted by molar-refractivity contribution is 0.140. The van der Waals surface area contributed by atoms with E-state index in [4.69, 9.17) is 0 Å². The number of amides is 2. The van der Waals surface area contributed by atoms with Crippen LogP contribution in [0.3, 0.4) is 0 Å². The third-order valence-corrected chi connectivity index (χ3v) is 5.56. The van der Waals surface area contributed by atoms with Crippen molar-refractivity contribution >= 4 is 11.7 Å². The Kier molecular flexibility index (Phi) is 5.99. The van der Waals surface area contributed by atoms with E-state index in [2.05, 4.69) is 58.6 Å². The van der Waals surface area contributed by atoms with Gasteiger partial charge in [-0.25, -0.2) is 4.79 Å². The first-order valence-electron chi connectivity index (χ1n) is 10.6. The summed E-state index contributed by atoms with van der Waals surface area (Å²) in [5.41, 5.74) is 3.11. The van der Waals surface area contributed by atoms with Gasteiger partial charge >= 0.3 is 6.03 Å². The molecule has 2 heterocycles. The van der Waals surface area contributed by atoms with Crippen LogP contribution in [0.2, 0.25) is 0 Å². The SMILES string of the molecule is CC(C)(C)c1ccc(NC(=O)N2CCN(Cc3nnnn3-c3ccccc3)CC2)cc1. The number of piperazine rings is 1. The fraction of sp³-hybridized carbons (Fsp3) is 0.391. The molecule has 8 nitrogen and oxygen atoms in total. The average Bonchev–Trinajstić information content (AvgIpc) is 3.23. The lowest BCUT2D eigenvalue weighted by Crippen LogP contribution is -2.49. The summed E-state index contributed by atoms with van der Waals surface area (Å²) in [5.74, 6) is 0.794. The molecule has 4 rings (SSSR count). The smallest absolute Gasteiger partial charge is 0.321 e. The molecule has 0 saturated carbocycles. The Labute approximate surface area is 182 Å². The van der Waals surface area contributed by atoms with Gasteiger partial charge in [-0.2, -0.15) is 4.68 Å². The van der Waals surface area contributed by atoms with Crippen LogP contribution < -0.4 is 5.32 Å². The third kappa shape index (κ3) is 5.08. The van der Waals surface area contributed by atoms with Gasteiger partial charge in [0.25, 0.3) is 0 Å². The molecule has 0 unspecified atom stereocenters. The molecule has 0 atom stereocenters. The molecule has 0 spiro atoms. The first-order chi connectivity index (χ1) is 14.9. The molecule has 8 heteroatoms. The van der Waals surface area contributed by atoms with Gasteiger partial charge < -0.3 is 10.2 Å². The van der Waals surface area contributed by atoms with Crippen LogP contribution in [0.15, 0.2) is 54.6 Å². The van der Waals surface area contributed by atoms with Gasteiger partial charge in [-0.05, 0) is 45.7 Å². The number of nitrogens with zero attached hydrogens (tertiary/aromatic N) is 6. The molecule has 0 bridgehead atoms. The van der Waals surface area contributed by atoms with Gasteiger partial charge in [0, 0.05) is 31.9 Å². The first-order valence-corrected chi connectivity index (χ1v) is 10.6. The minimum atomic E-state index is -0.0581. The van der Waals surface area contributed by atoms with Crippen molar-refractivity contribution in [2.45, 2.75) is 32.7 Å². The molecule has 2 amide bonds. The number of hydrogen-bond donors (Lipinski definition) is 1. The van der Waals surface area contributed by atoms with Crippen LogP contribution in [0.1, 0.15) is 32.2 Å². The Hall–Kier alpha value is -3.26. The predicted molar refractivity (Wildman–Crippen MR) is 120 cm³/mol. The molecule has 3 aromatic rings. The summed E-state index contributed by atoms with van der Waals surface area (Å²) < 4.78 is 1.76. The van der Waals surface area contributed by atoms with Crippen molar-refractivity contribution in [1.29, 1.82) is 0 Å². The number of aromatic nitrogens is 4. The van der Waals surface area contributed by atoms with Crippen LogP contribution >= 0.6 is 0 Å². The van der Waals surface area contributed by atoms with E-state index in [0.717, 1.165) is 30.3 Å². The lowest BCUT2D eigenvalue weighted by atomic mass is 9.87. The molecule has 1 saturated heterocycles. The summed E-state index contributed by atoms with van der Waals surface area (Å²) in [7, 11) is 0. The highest BCUT2D eigenvalue weighted by atomic mass is 16.2. The number of nitrogens with one attached hydrogen (secondary N) is 1. The molecule has 162 valence electrons. The van der Waals surface area contributed by atoms with Crippen molar-refractivity contribution in [2.75, 3.05) is 31.5 Å². The Morgan fingerprint density at radius 3 is 2.29 bits per heavy atom. The van der Waals surface area contributed by atoms with Crippen LogP contribution in [0, 0.1) is 0 Å². The van der Waals surface area contributed by atoms with Gasteiger partial charge in [-0.3, -0.25) is 4.90 Å². The molecule has 0 radical (unpaired) electrons. The van der Waals surface area contributed by atoms with Crippen LogP contribution in [-0.2, 0) is 12.0 Å². The van der Waals surface area contributed by atoms with Crippen molar-refractivity contribution < 1.29 is 4.79 Å². The highest BCUT2D eigenvalue weighted by Gasteiger charge is 2.23. The number of para-hydroxylation sites is 1. The largest absolute Gasteiger partial charge is 0.322 e. The quantitative estimate of drug-likeness (QED) is 0.702. The highest BCUT2D eigenvalue weighted by Crippen LogP contribution is 2.23. The van der Waals surface area contributed by atoms with Crippen molar-refractivity contribution in [1.82, 2.24) is 30.0 Å². The average molecular weight is 420 g/mol. The lowest BCUT2D eigenvalue weighted by Gasteiger charge is -2.34. The van der Waals surface area contributed by atoms with Gasteiger partial charge in [0.1, 0.15) is 0 Å². The standard InChI is InChI=1S/C23H29N7O/c1-23(2,3)18-9-11-19(12-10-18)24-22(31)29-15-13-28(14-16-29)17-21-25-26-27-30(21)20-7-5-4-6-8-20/h4-12H,13-17H2,1-3H3,(H,24,31). The minimum Gasteiger partial charge on any atom is -0.322 e.